The molecule has 3 aromatic rings. The Labute approximate surface area is 201 Å². The van der Waals surface area contributed by atoms with E-state index in [1.54, 1.807) is 39.9 Å². The highest BCUT2D eigenvalue weighted by Crippen LogP contribution is 2.35. The van der Waals surface area contributed by atoms with Crippen LogP contribution in [-0.4, -0.2) is 52.6 Å². The molecule has 182 valence electrons. The highest BCUT2D eigenvalue weighted by molar-refractivity contribution is 5.91. The second kappa shape index (κ2) is 10.2. The molecule has 4 rings (SSSR count). The fraction of sp³-hybridized carbons (Fsp3) is 0.320. The molecule has 1 unspecified atom stereocenters. The van der Waals surface area contributed by atoms with Gasteiger partial charge in [-0.05, 0) is 23.8 Å². The van der Waals surface area contributed by atoms with Gasteiger partial charge >= 0.3 is 6.18 Å². The number of aromatic nitrogens is 2. The average Bonchev–Trinajstić information content (AvgIpc) is 3.29. The molecule has 0 radical (unpaired) electrons. The molecular weight excluding hydrogens is 459 g/mol. The van der Waals surface area contributed by atoms with E-state index in [-0.39, 0.29) is 31.4 Å². The predicted molar refractivity (Wildman–Crippen MR) is 123 cm³/mol. The Morgan fingerprint density at radius 1 is 1.20 bits per heavy atom. The minimum Gasteiger partial charge on any atom is -0.375 e. The van der Waals surface area contributed by atoms with Gasteiger partial charge in [0, 0.05) is 44.8 Å². The van der Waals surface area contributed by atoms with Gasteiger partial charge in [0.15, 0.2) is 5.82 Å². The number of alkyl halides is 3. The Hall–Kier alpha value is -3.84. The maximum absolute atomic E-state index is 13.5. The molecule has 10 heteroatoms. The van der Waals surface area contributed by atoms with Crippen LogP contribution in [0.1, 0.15) is 27.3 Å². The van der Waals surface area contributed by atoms with Gasteiger partial charge < -0.3 is 19.1 Å². The first-order valence-electron chi connectivity index (χ1n) is 11.0. The first-order chi connectivity index (χ1) is 16.8. The summed E-state index contributed by atoms with van der Waals surface area (Å²) in [5.41, 5.74) is -0.0778. The average molecular weight is 483 g/mol. The molecular formula is C25H24F3N5O2. The number of hydrogen-bond acceptors (Lipinski definition) is 5. The van der Waals surface area contributed by atoms with E-state index in [9.17, 15) is 18.0 Å². The minimum absolute atomic E-state index is 0.198. The van der Waals surface area contributed by atoms with Gasteiger partial charge in [0.05, 0.1) is 36.5 Å². The fourth-order valence-electron chi connectivity index (χ4n) is 4.15. The van der Waals surface area contributed by atoms with Gasteiger partial charge in [-0.25, -0.2) is 4.98 Å². The molecule has 1 aromatic heterocycles. The van der Waals surface area contributed by atoms with Gasteiger partial charge in [-0.2, -0.15) is 18.4 Å². The van der Waals surface area contributed by atoms with Crippen molar-refractivity contribution in [2.24, 2.45) is 7.05 Å². The summed E-state index contributed by atoms with van der Waals surface area (Å²) in [7, 11) is 1.73. The van der Waals surface area contributed by atoms with E-state index in [2.05, 4.69) is 4.98 Å². The van der Waals surface area contributed by atoms with Crippen molar-refractivity contribution in [1.29, 1.82) is 5.26 Å². The van der Waals surface area contributed by atoms with Gasteiger partial charge in [-0.15, -0.1) is 0 Å². The lowest BCUT2D eigenvalue weighted by Gasteiger charge is -2.42. The molecule has 1 amide bonds. The second-order valence-corrected chi connectivity index (χ2v) is 8.30. The molecule has 0 N–H and O–H groups in total. The number of carbonyl (C=O) groups is 1. The number of aryl methyl sites for hydroxylation is 1. The summed E-state index contributed by atoms with van der Waals surface area (Å²) in [4.78, 5) is 20.8. The molecule has 2 heterocycles. The van der Waals surface area contributed by atoms with E-state index in [0.717, 1.165) is 11.6 Å². The van der Waals surface area contributed by atoms with Crippen molar-refractivity contribution in [3.05, 3.63) is 83.4 Å². The smallest absolute Gasteiger partial charge is 0.375 e. The van der Waals surface area contributed by atoms with Crippen LogP contribution in [-0.2, 0) is 24.6 Å². The Morgan fingerprint density at radius 3 is 2.63 bits per heavy atom. The summed E-state index contributed by atoms with van der Waals surface area (Å²) in [6.45, 7) is 1.43. The highest BCUT2D eigenvalue weighted by atomic mass is 19.4. The molecule has 1 atom stereocenters. The number of halogens is 3. The van der Waals surface area contributed by atoms with Crippen LogP contribution >= 0.6 is 0 Å². The molecule has 0 bridgehead atoms. The number of anilines is 1. The molecule has 35 heavy (non-hydrogen) atoms. The van der Waals surface area contributed by atoms with Crippen LogP contribution < -0.4 is 4.90 Å². The third-order valence-corrected chi connectivity index (χ3v) is 5.97. The highest BCUT2D eigenvalue weighted by Gasteiger charge is 2.36. The van der Waals surface area contributed by atoms with Crippen LogP contribution in [0.15, 0.2) is 60.9 Å². The first-order valence-corrected chi connectivity index (χ1v) is 11.0. The zero-order chi connectivity index (χ0) is 25.0. The number of imidazole rings is 1. The maximum Gasteiger partial charge on any atom is 0.417 e. The van der Waals surface area contributed by atoms with Crippen LogP contribution in [0.5, 0.6) is 0 Å². The number of piperazine rings is 1. The third kappa shape index (κ3) is 5.46. The number of amides is 1. The van der Waals surface area contributed by atoms with E-state index >= 15 is 0 Å². The predicted octanol–water partition coefficient (Wildman–Crippen LogP) is 3.86. The summed E-state index contributed by atoms with van der Waals surface area (Å²) in [6.07, 6.45) is -1.42. The molecule has 1 aliphatic heterocycles. The van der Waals surface area contributed by atoms with Gasteiger partial charge in [0.2, 0.25) is 0 Å². The molecule has 0 aliphatic carbocycles. The van der Waals surface area contributed by atoms with E-state index in [1.807, 2.05) is 30.3 Å². The second-order valence-electron chi connectivity index (χ2n) is 8.30. The van der Waals surface area contributed by atoms with Crippen molar-refractivity contribution >= 4 is 11.6 Å². The monoisotopic (exact) mass is 483 g/mol. The van der Waals surface area contributed by atoms with Crippen molar-refractivity contribution in [1.82, 2.24) is 14.5 Å². The molecule has 1 fully saturated rings. The lowest BCUT2D eigenvalue weighted by molar-refractivity contribution is -0.137. The maximum atomic E-state index is 13.5. The minimum atomic E-state index is -4.64. The van der Waals surface area contributed by atoms with E-state index in [1.165, 1.54) is 12.1 Å². The summed E-state index contributed by atoms with van der Waals surface area (Å²) in [5.74, 6) is 0.0190. The van der Waals surface area contributed by atoms with Gasteiger partial charge in [-0.1, -0.05) is 30.3 Å². The third-order valence-electron chi connectivity index (χ3n) is 5.97. The number of carbonyl (C=O) groups excluding carboxylic acids is 1. The Kier molecular flexibility index (Phi) is 7.07. The largest absolute Gasteiger partial charge is 0.417 e. The number of ether oxygens (including phenoxy) is 1. The molecule has 1 aliphatic rings. The SMILES string of the molecule is Cn1ccnc1C(=O)N1CCN(c2ccc(C#N)c(C(F)(F)F)c2)CC1COCc1ccccc1. The lowest BCUT2D eigenvalue weighted by Crippen LogP contribution is -2.57. The van der Waals surface area contributed by atoms with Gasteiger partial charge in [-0.3, -0.25) is 4.79 Å². The van der Waals surface area contributed by atoms with E-state index in [0.29, 0.717) is 18.8 Å². The van der Waals surface area contributed by atoms with Crippen molar-refractivity contribution in [2.45, 2.75) is 18.8 Å². The summed E-state index contributed by atoms with van der Waals surface area (Å²) < 4.78 is 48.0. The fourth-order valence-corrected chi connectivity index (χ4v) is 4.15. The summed E-state index contributed by atoms with van der Waals surface area (Å²) in [6, 6.07) is 14.5. The number of rotatable bonds is 6. The molecule has 0 saturated carbocycles. The zero-order valence-corrected chi connectivity index (χ0v) is 19.1. The van der Waals surface area contributed by atoms with Crippen molar-refractivity contribution in [2.75, 3.05) is 31.1 Å². The number of hydrogen-bond donors (Lipinski definition) is 0. The Bertz CT molecular complexity index is 1220. The number of nitrogens with zero attached hydrogens (tertiary/aromatic N) is 5. The topological polar surface area (TPSA) is 74.4 Å². The quantitative estimate of drug-likeness (QED) is 0.533. The standard InChI is InChI=1S/C25H24F3N5O2/c1-31-10-9-30-23(31)24(34)33-12-11-32(15-21(33)17-35-16-18-5-3-2-4-6-18)20-8-7-19(14-29)22(13-20)25(26,27)28/h2-10,13,21H,11-12,15-17H2,1H3. The Balaban J connectivity index is 1.56. The van der Waals surface area contributed by atoms with Crippen LogP contribution in [0.3, 0.4) is 0 Å². The van der Waals surface area contributed by atoms with Crippen LogP contribution in [0.4, 0.5) is 18.9 Å². The molecule has 7 nitrogen and oxygen atoms in total. The summed E-state index contributed by atoms with van der Waals surface area (Å²) >= 11 is 0. The molecule has 2 aromatic carbocycles. The first kappa shape index (κ1) is 24.3. The van der Waals surface area contributed by atoms with Crippen LogP contribution in [0.25, 0.3) is 0 Å². The van der Waals surface area contributed by atoms with E-state index < -0.39 is 23.3 Å². The van der Waals surface area contributed by atoms with Gasteiger partial charge in [0.25, 0.3) is 5.91 Å². The number of benzene rings is 2. The number of nitriles is 1. The van der Waals surface area contributed by atoms with Gasteiger partial charge in [0.1, 0.15) is 0 Å². The van der Waals surface area contributed by atoms with Crippen molar-refractivity contribution in [3.63, 3.8) is 0 Å². The van der Waals surface area contributed by atoms with Crippen molar-refractivity contribution < 1.29 is 22.7 Å². The Morgan fingerprint density at radius 2 is 1.97 bits per heavy atom. The zero-order valence-electron chi connectivity index (χ0n) is 19.1. The molecule has 1 saturated heterocycles. The normalized spacial score (nSPS) is 16.3. The molecule has 0 spiro atoms. The van der Waals surface area contributed by atoms with Crippen LogP contribution in [0.2, 0.25) is 0 Å². The summed E-state index contributed by atoms with van der Waals surface area (Å²) in [5, 5.41) is 9.09. The van der Waals surface area contributed by atoms with Crippen molar-refractivity contribution in [3.8, 4) is 6.07 Å². The lowest BCUT2D eigenvalue weighted by atomic mass is 10.0. The van der Waals surface area contributed by atoms with E-state index in [4.69, 9.17) is 10.00 Å². The van der Waals surface area contributed by atoms with Crippen LogP contribution in [0, 0.1) is 11.3 Å².